The fourth-order valence-corrected chi connectivity index (χ4v) is 4.03. The van der Waals surface area contributed by atoms with Gasteiger partial charge in [-0.2, -0.15) is 0 Å². The smallest absolute Gasteiger partial charge is 0.224 e. The Balaban J connectivity index is 1.86. The molecular weight excluding hydrogens is 476 g/mol. The van der Waals surface area contributed by atoms with E-state index in [9.17, 15) is 14.4 Å². The van der Waals surface area contributed by atoms with Crippen LogP contribution in [0.3, 0.4) is 0 Å². The first kappa shape index (κ1) is 28.4. The zero-order chi connectivity index (χ0) is 27.3. The van der Waals surface area contributed by atoms with Crippen LogP contribution in [0.4, 0.5) is 34.1 Å². The highest BCUT2D eigenvalue weighted by atomic mass is 16.2. The van der Waals surface area contributed by atoms with Crippen molar-refractivity contribution in [2.75, 3.05) is 27.4 Å². The van der Waals surface area contributed by atoms with Gasteiger partial charge in [0.25, 0.3) is 0 Å². The summed E-state index contributed by atoms with van der Waals surface area (Å²) in [6.07, 6.45) is 3.98. The van der Waals surface area contributed by atoms with Crippen molar-refractivity contribution in [1.29, 1.82) is 0 Å². The number of ketones is 1. The zero-order valence-electron chi connectivity index (χ0n) is 22.5. The molecule has 0 saturated heterocycles. The Labute approximate surface area is 225 Å². The van der Waals surface area contributed by atoms with E-state index in [1.807, 2.05) is 93.6 Å². The number of carbonyl (C=O) groups excluding carboxylic acids is 3. The quantitative estimate of drug-likeness (QED) is 0.208. The summed E-state index contributed by atoms with van der Waals surface area (Å²) >= 11 is 0. The van der Waals surface area contributed by atoms with Crippen molar-refractivity contribution in [2.24, 2.45) is 0 Å². The van der Waals surface area contributed by atoms with Crippen molar-refractivity contribution >= 4 is 51.7 Å². The maximum absolute atomic E-state index is 12.0. The second-order valence-corrected chi connectivity index (χ2v) is 9.21. The predicted octanol–water partition coefficient (Wildman–Crippen LogP) is 7.41. The number of anilines is 6. The molecule has 3 rings (SSSR count). The highest BCUT2D eigenvalue weighted by Gasteiger charge is 2.14. The summed E-state index contributed by atoms with van der Waals surface area (Å²) in [5, 5.41) is 9.06. The van der Waals surface area contributed by atoms with Crippen LogP contribution in [-0.4, -0.2) is 24.1 Å². The monoisotopic (exact) mass is 514 g/mol. The Morgan fingerprint density at radius 3 is 1.29 bits per heavy atom. The fourth-order valence-electron chi connectivity index (χ4n) is 4.03. The molecule has 3 aromatic rings. The molecule has 0 atom stereocenters. The fraction of sp³-hybridized carbons (Fsp3) is 0.323. The third-order valence-electron chi connectivity index (χ3n) is 5.92. The molecule has 0 fully saturated rings. The minimum absolute atomic E-state index is 0.00155. The first-order valence-electron chi connectivity index (χ1n) is 13.4. The molecule has 0 unspecified atom stereocenters. The first-order valence-corrected chi connectivity index (χ1v) is 13.4. The minimum Gasteiger partial charge on any atom is -0.378 e. The molecule has 0 saturated carbocycles. The molecule has 0 aliphatic rings. The van der Waals surface area contributed by atoms with Gasteiger partial charge in [0.15, 0.2) is 5.78 Å². The Morgan fingerprint density at radius 1 is 0.553 bits per heavy atom. The molecule has 0 aromatic heterocycles. The minimum atomic E-state index is -0.00155. The molecule has 3 N–H and O–H groups in total. The number of amides is 2. The average molecular weight is 515 g/mol. The van der Waals surface area contributed by atoms with Crippen molar-refractivity contribution in [3.05, 3.63) is 72.8 Å². The normalized spacial score (nSPS) is 10.5. The number of rotatable bonds is 14. The van der Waals surface area contributed by atoms with Crippen molar-refractivity contribution in [3.63, 3.8) is 0 Å². The summed E-state index contributed by atoms with van der Waals surface area (Å²) < 4.78 is 0. The number of hydrogen-bond donors (Lipinski definition) is 3. The van der Waals surface area contributed by atoms with E-state index in [0.29, 0.717) is 25.8 Å². The second kappa shape index (κ2) is 14.6. The Morgan fingerprint density at radius 2 is 0.921 bits per heavy atom. The van der Waals surface area contributed by atoms with Crippen LogP contribution in [0.5, 0.6) is 0 Å². The van der Waals surface area contributed by atoms with Crippen LogP contribution in [-0.2, 0) is 14.4 Å². The molecule has 7 nitrogen and oxygen atoms in total. The number of nitrogens with zero attached hydrogens (tertiary/aromatic N) is 1. The van der Waals surface area contributed by atoms with Gasteiger partial charge in [0.2, 0.25) is 11.8 Å². The van der Waals surface area contributed by atoms with Crippen LogP contribution in [0.1, 0.15) is 59.3 Å². The van der Waals surface area contributed by atoms with E-state index >= 15 is 0 Å². The van der Waals surface area contributed by atoms with Crippen LogP contribution >= 0.6 is 0 Å². The average Bonchev–Trinajstić information content (AvgIpc) is 2.91. The highest BCUT2D eigenvalue weighted by molar-refractivity contribution is 5.92. The Bertz CT molecular complexity index is 1130. The highest BCUT2D eigenvalue weighted by Crippen LogP contribution is 2.36. The van der Waals surface area contributed by atoms with Gasteiger partial charge in [-0.1, -0.05) is 20.8 Å². The van der Waals surface area contributed by atoms with Gasteiger partial charge in [0.05, 0.1) is 6.54 Å². The molecular formula is C31H38N4O3. The van der Waals surface area contributed by atoms with Crippen LogP contribution < -0.4 is 20.9 Å². The van der Waals surface area contributed by atoms with Crippen LogP contribution in [0, 0.1) is 0 Å². The molecule has 200 valence electrons. The van der Waals surface area contributed by atoms with Crippen LogP contribution in [0.2, 0.25) is 0 Å². The van der Waals surface area contributed by atoms with Crippen molar-refractivity contribution in [1.82, 2.24) is 0 Å². The standard InChI is InChI=1S/C31H38N4O3/c1-4-7-29(36)22-32-23-10-16-26(17-11-23)35(27-18-12-24(13-19-27)33-30(37)8-5-2)28-20-14-25(15-21-28)34-31(38)9-6-3/h10-21,32H,4-9,22H2,1-3H3,(H,33,37)(H,34,38). The van der Waals surface area contributed by atoms with E-state index in [2.05, 4.69) is 20.9 Å². The van der Waals surface area contributed by atoms with E-state index < -0.39 is 0 Å². The molecule has 3 aromatic carbocycles. The number of Topliss-reactive ketones (excluding diaryl/α,β-unsaturated/α-hetero) is 1. The van der Waals surface area contributed by atoms with Gasteiger partial charge in [-0.25, -0.2) is 0 Å². The molecule has 38 heavy (non-hydrogen) atoms. The van der Waals surface area contributed by atoms with E-state index in [1.165, 1.54) is 0 Å². The third kappa shape index (κ3) is 8.47. The summed E-state index contributed by atoms with van der Waals surface area (Å²) in [5.41, 5.74) is 5.14. The lowest BCUT2D eigenvalue weighted by Gasteiger charge is -2.26. The summed E-state index contributed by atoms with van der Waals surface area (Å²) in [5.74, 6) is 0.187. The number of carbonyl (C=O) groups is 3. The van der Waals surface area contributed by atoms with E-state index in [4.69, 9.17) is 0 Å². The number of benzene rings is 3. The summed E-state index contributed by atoms with van der Waals surface area (Å²) in [7, 11) is 0. The van der Waals surface area contributed by atoms with Crippen LogP contribution in [0.15, 0.2) is 72.8 Å². The first-order chi connectivity index (χ1) is 18.4. The van der Waals surface area contributed by atoms with Crippen molar-refractivity contribution in [2.45, 2.75) is 59.3 Å². The molecule has 7 heteroatoms. The Kier molecular flexibility index (Phi) is 10.9. The lowest BCUT2D eigenvalue weighted by Crippen LogP contribution is -2.14. The van der Waals surface area contributed by atoms with Gasteiger partial charge >= 0.3 is 0 Å². The maximum Gasteiger partial charge on any atom is 0.224 e. The van der Waals surface area contributed by atoms with E-state index in [-0.39, 0.29) is 17.6 Å². The van der Waals surface area contributed by atoms with Gasteiger partial charge in [-0.05, 0) is 92.1 Å². The summed E-state index contributed by atoms with van der Waals surface area (Å²) in [6, 6.07) is 23.4. The summed E-state index contributed by atoms with van der Waals surface area (Å²) in [4.78, 5) is 38.0. The maximum atomic E-state index is 12.0. The molecule has 0 aliphatic carbocycles. The Hall–Kier alpha value is -4.13. The number of nitrogens with one attached hydrogen (secondary N) is 3. The zero-order valence-corrected chi connectivity index (χ0v) is 22.5. The van der Waals surface area contributed by atoms with Gasteiger partial charge in [0, 0.05) is 53.4 Å². The SMILES string of the molecule is CCCC(=O)CNc1ccc(N(c2ccc(NC(=O)CCC)cc2)c2ccc(NC(=O)CCC)cc2)cc1. The predicted molar refractivity (Wildman–Crippen MR) is 157 cm³/mol. The third-order valence-corrected chi connectivity index (χ3v) is 5.92. The number of hydrogen-bond acceptors (Lipinski definition) is 5. The molecule has 0 aliphatic heterocycles. The molecule has 0 heterocycles. The molecule has 0 radical (unpaired) electrons. The van der Waals surface area contributed by atoms with Gasteiger partial charge in [-0.15, -0.1) is 0 Å². The van der Waals surface area contributed by atoms with Crippen molar-refractivity contribution in [3.8, 4) is 0 Å². The summed E-state index contributed by atoms with van der Waals surface area (Å²) in [6.45, 7) is 6.27. The van der Waals surface area contributed by atoms with E-state index in [1.54, 1.807) is 0 Å². The lowest BCUT2D eigenvalue weighted by atomic mass is 10.1. The van der Waals surface area contributed by atoms with Crippen LogP contribution in [0.25, 0.3) is 0 Å². The second-order valence-electron chi connectivity index (χ2n) is 9.21. The van der Waals surface area contributed by atoms with Gasteiger partial charge in [-0.3, -0.25) is 14.4 Å². The van der Waals surface area contributed by atoms with Gasteiger partial charge in [0.1, 0.15) is 0 Å². The largest absolute Gasteiger partial charge is 0.378 e. The molecule has 2 amide bonds. The lowest BCUT2D eigenvalue weighted by molar-refractivity contribution is -0.118. The van der Waals surface area contributed by atoms with Crippen molar-refractivity contribution < 1.29 is 14.4 Å². The van der Waals surface area contributed by atoms with E-state index in [0.717, 1.165) is 53.4 Å². The topological polar surface area (TPSA) is 90.5 Å². The molecule has 0 bridgehead atoms. The molecule has 0 spiro atoms. The van der Waals surface area contributed by atoms with Gasteiger partial charge < -0.3 is 20.9 Å².